The molecule has 5 nitrogen and oxygen atoms in total. The van der Waals surface area contributed by atoms with Gasteiger partial charge in [0.05, 0.1) is 17.9 Å². The van der Waals surface area contributed by atoms with Gasteiger partial charge in [0.2, 0.25) is 0 Å². The average molecular weight is 359 g/mol. The second-order valence-corrected chi connectivity index (χ2v) is 6.77. The van der Waals surface area contributed by atoms with Gasteiger partial charge in [-0.25, -0.2) is 4.98 Å². The van der Waals surface area contributed by atoms with E-state index >= 15 is 0 Å². The number of hydrogen-bond acceptors (Lipinski definition) is 5. The van der Waals surface area contributed by atoms with Crippen LogP contribution in [0.4, 0.5) is 24.7 Å². The highest BCUT2D eigenvalue weighted by Crippen LogP contribution is 2.24. The van der Waals surface area contributed by atoms with E-state index in [1.54, 1.807) is 0 Å². The molecular weight excluding hydrogens is 331 g/mol. The standard InChI is InChI=1S/C17H28F3N5/c1-12-15(24-14-5-3-13(21)4-6-14)7-8-16(23-12)25(2)10-9-22-11-17(18,19)20/h7-8,13-14,22,24H,3-6,9-11,21H2,1-2H3. The molecule has 0 spiro atoms. The molecule has 1 aliphatic rings. The van der Waals surface area contributed by atoms with Gasteiger partial charge in [0.25, 0.3) is 0 Å². The van der Waals surface area contributed by atoms with Crippen LogP contribution in [0.15, 0.2) is 12.1 Å². The Labute approximate surface area is 147 Å². The minimum atomic E-state index is -4.18. The third kappa shape index (κ3) is 6.70. The lowest BCUT2D eigenvalue weighted by Crippen LogP contribution is -2.35. The third-order valence-corrected chi connectivity index (χ3v) is 4.54. The van der Waals surface area contributed by atoms with Gasteiger partial charge in [-0.05, 0) is 44.7 Å². The number of aromatic nitrogens is 1. The Morgan fingerprint density at radius 2 is 1.92 bits per heavy atom. The van der Waals surface area contributed by atoms with E-state index in [0.29, 0.717) is 18.6 Å². The van der Waals surface area contributed by atoms with Crippen LogP contribution >= 0.6 is 0 Å². The van der Waals surface area contributed by atoms with Gasteiger partial charge in [0.1, 0.15) is 5.82 Å². The summed E-state index contributed by atoms with van der Waals surface area (Å²) in [6, 6.07) is 4.63. The summed E-state index contributed by atoms with van der Waals surface area (Å²) in [6.07, 6.45) is 0.0236. The predicted octanol–water partition coefficient (Wildman–Crippen LogP) is 2.66. The summed E-state index contributed by atoms with van der Waals surface area (Å²) in [4.78, 5) is 6.42. The zero-order valence-corrected chi connectivity index (χ0v) is 14.9. The zero-order chi connectivity index (χ0) is 18.4. The summed E-state index contributed by atoms with van der Waals surface area (Å²) in [5.41, 5.74) is 7.83. The van der Waals surface area contributed by atoms with Gasteiger partial charge in [0, 0.05) is 32.2 Å². The van der Waals surface area contributed by atoms with Gasteiger partial charge in [0.15, 0.2) is 0 Å². The molecule has 1 fully saturated rings. The maximum absolute atomic E-state index is 12.1. The van der Waals surface area contributed by atoms with Crippen molar-refractivity contribution >= 4 is 11.5 Å². The Morgan fingerprint density at radius 1 is 1.24 bits per heavy atom. The topological polar surface area (TPSA) is 66.2 Å². The molecule has 25 heavy (non-hydrogen) atoms. The number of hydrogen-bond donors (Lipinski definition) is 3. The first-order valence-corrected chi connectivity index (χ1v) is 8.73. The molecular formula is C17H28F3N5. The molecule has 0 saturated heterocycles. The maximum Gasteiger partial charge on any atom is 0.401 e. The van der Waals surface area contributed by atoms with Crippen molar-refractivity contribution in [1.29, 1.82) is 0 Å². The molecule has 0 radical (unpaired) electrons. The highest BCUT2D eigenvalue weighted by atomic mass is 19.4. The minimum absolute atomic E-state index is 0.249. The van der Waals surface area contributed by atoms with E-state index in [9.17, 15) is 13.2 Å². The van der Waals surface area contributed by atoms with Crippen molar-refractivity contribution in [3.8, 4) is 0 Å². The van der Waals surface area contributed by atoms with Crippen molar-refractivity contribution in [3.05, 3.63) is 17.8 Å². The van der Waals surface area contributed by atoms with Gasteiger partial charge in [-0.3, -0.25) is 0 Å². The average Bonchev–Trinajstić information content (AvgIpc) is 2.54. The number of nitrogens with two attached hydrogens (primary N) is 1. The van der Waals surface area contributed by atoms with Gasteiger partial charge in [-0.2, -0.15) is 13.2 Å². The minimum Gasteiger partial charge on any atom is -0.381 e. The number of pyridine rings is 1. The molecule has 4 N–H and O–H groups in total. The van der Waals surface area contributed by atoms with Crippen LogP contribution in [0.1, 0.15) is 31.4 Å². The van der Waals surface area contributed by atoms with E-state index in [4.69, 9.17) is 5.73 Å². The van der Waals surface area contributed by atoms with Crippen molar-refractivity contribution in [2.24, 2.45) is 5.73 Å². The Balaban J connectivity index is 1.83. The largest absolute Gasteiger partial charge is 0.401 e. The number of rotatable bonds is 7. The van der Waals surface area contributed by atoms with E-state index in [2.05, 4.69) is 15.6 Å². The monoisotopic (exact) mass is 359 g/mol. The van der Waals surface area contributed by atoms with Crippen LogP contribution in [-0.4, -0.2) is 49.9 Å². The Hall–Kier alpha value is -1.54. The van der Waals surface area contributed by atoms with Gasteiger partial charge >= 0.3 is 6.18 Å². The third-order valence-electron chi connectivity index (χ3n) is 4.54. The fourth-order valence-electron chi connectivity index (χ4n) is 2.99. The molecule has 1 aromatic rings. The van der Waals surface area contributed by atoms with Crippen LogP contribution in [0, 0.1) is 6.92 Å². The molecule has 142 valence electrons. The van der Waals surface area contributed by atoms with E-state index < -0.39 is 12.7 Å². The van der Waals surface area contributed by atoms with E-state index in [1.165, 1.54) is 0 Å². The van der Waals surface area contributed by atoms with Crippen LogP contribution in [0.25, 0.3) is 0 Å². The molecule has 1 heterocycles. The molecule has 0 unspecified atom stereocenters. The molecule has 2 rings (SSSR count). The number of anilines is 2. The predicted molar refractivity (Wildman–Crippen MR) is 95.0 cm³/mol. The quantitative estimate of drug-likeness (QED) is 0.653. The van der Waals surface area contributed by atoms with E-state index in [-0.39, 0.29) is 6.54 Å². The number of aryl methyl sites for hydroxylation is 1. The SMILES string of the molecule is Cc1nc(N(C)CCNCC(F)(F)F)ccc1NC1CCC(N)CC1. The highest BCUT2D eigenvalue weighted by molar-refractivity contribution is 5.54. The molecule has 0 aliphatic heterocycles. The van der Waals surface area contributed by atoms with Crippen molar-refractivity contribution in [3.63, 3.8) is 0 Å². The Morgan fingerprint density at radius 3 is 2.52 bits per heavy atom. The smallest absolute Gasteiger partial charge is 0.381 e. The number of alkyl halides is 3. The lowest BCUT2D eigenvalue weighted by atomic mass is 9.91. The molecule has 0 aromatic carbocycles. The first-order chi connectivity index (χ1) is 11.7. The summed E-state index contributed by atoms with van der Waals surface area (Å²) in [6.45, 7) is 1.67. The molecule has 0 atom stereocenters. The van der Waals surface area contributed by atoms with Gasteiger partial charge in [-0.1, -0.05) is 0 Å². The Kier molecular flexibility index (Phi) is 6.89. The second kappa shape index (κ2) is 8.71. The van der Waals surface area contributed by atoms with Gasteiger partial charge in [-0.15, -0.1) is 0 Å². The molecule has 0 amide bonds. The summed E-state index contributed by atoms with van der Waals surface area (Å²) in [5, 5.41) is 5.92. The van der Waals surface area contributed by atoms with E-state index in [1.807, 2.05) is 31.0 Å². The second-order valence-electron chi connectivity index (χ2n) is 6.77. The first kappa shape index (κ1) is 19.8. The fourth-order valence-corrected chi connectivity index (χ4v) is 2.99. The molecule has 1 aliphatic carbocycles. The lowest BCUT2D eigenvalue weighted by Gasteiger charge is -2.28. The van der Waals surface area contributed by atoms with Crippen molar-refractivity contribution in [2.45, 2.75) is 50.9 Å². The highest BCUT2D eigenvalue weighted by Gasteiger charge is 2.26. The zero-order valence-electron chi connectivity index (χ0n) is 14.9. The first-order valence-electron chi connectivity index (χ1n) is 8.73. The fraction of sp³-hybridized carbons (Fsp3) is 0.706. The van der Waals surface area contributed by atoms with Crippen LogP contribution in [-0.2, 0) is 0 Å². The molecule has 8 heteroatoms. The normalized spacial score (nSPS) is 21.2. The van der Waals surface area contributed by atoms with Crippen molar-refractivity contribution < 1.29 is 13.2 Å². The van der Waals surface area contributed by atoms with Crippen LogP contribution in [0.3, 0.4) is 0 Å². The lowest BCUT2D eigenvalue weighted by molar-refractivity contribution is -0.124. The van der Waals surface area contributed by atoms with E-state index in [0.717, 1.165) is 42.9 Å². The Bertz CT molecular complexity index is 542. The van der Waals surface area contributed by atoms with Crippen LogP contribution < -0.4 is 21.3 Å². The van der Waals surface area contributed by atoms with Crippen molar-refractivity contribution in [1.82, 2.24) is 10.3 Å². The number of nitrogens with one attached hydrogen (secondary N) is 2. The summed E-state index contributed by atoms with van der Waals surface area (Å²) >= 11 is 0. The molecule has 1 saturated carbocycles. The number of likely N-dealkylation sites (N-methyl/N-ethyl adjacent to an activating group) is 1. The molecule has 0 bridgehead atoms. The number of halogens is 3. The van der Waals surface area contributed by atoms with Crippen LogP contribution in [0.5, 0.6) is 0 Å². The van der Waals surface area contributed by atoms with Crippen LogP contribution in [0.2, 0.25) is 0 Å². The number of nitrogens with zero attached hydrogens (tertiary/aromatic N) is 2. The summed E-state index contributed by atoms with van der Waals surface area (Å²) in [5.74, 6) is 0.752. The van der Waals surface area contributed by atoms with Gasteiger partial charge < -0.3 is 21.3 Å². The van der Waals surface area contributed by atoms with Crippen molar-refractivity contribution in [2.75, 3.05) is 36.9 Å². The summed E-state index contributed by atoms with van der Waals surface area (Å²) in [7, 11) is 1.83. The molecule has 1 aromatic heterocycles. The summed E-state index contributed by atoms with van der Waals surface area (Å²) < 4.78 is 36.3. The maximum atomic E-state index is 12.1.